The van der Waals surface area contributed by atoms with Gasteiger partial charge in [-0.2, -0.15) is 0 Å². The highest BCUT2D eigenvalue weighted by Gasteiger charge is 2.69. The minimum atomic E-state index is -0.862. The van der Waals surface area contributed by atoms with Crippen molar-refractivity contribution in [3.63, 3.8) is 0 Å². The molecule has 0 saturated heterocycles. The van der Waals surface area contributed by atoms with E-state index < -0.39 is 5.60 Å². The quantitative estimate of drug-likeness (QED) is 0.698. The standard InChI is InChI=1S/C15H26O3/c1-9-3-4-10-12(9)13-11(14(13,2)7-16)5-6-15(10,18)8-17/h9-13,16-18H,3-8H2,1-2H3/t9-,10+,11-,12-,13-,14+,15+/m1/s1. The fourth-order valence-corrected chi connectivity index (χ4v) is 5.38. The van der Waals surface area contributed by atoms with Gasteiger partial charge in [0, 0.05) is 6.61 Å². The van der Waals surface area contributed by atoms with E-state index in [-0.39, 0.29) is 24.5 Å². The molecule has 3 aliphatic carbocycles. The van der Waals surface area contributed by atoms with Crippen molar-refractivity contribution in [2.75, 3.05) is 13.2 Å². The van der Waals surface area contributed by atoms with Crippen LogP contribution in [-0.2, 0) is 0 Å². The van der Waals surface area contributed by atoms with Gasteiger partial charge in [0.15, 0.2) is 0 Å². The lowest BCUT2D eigenvalue weighted by atomic mass is 9.74. The largest absolute Gasteiger partial charge is 0.396 e. The summed E-state index contributed by atoms with van der Waals surface area (Å²) in [7, 11) is 0. The van der Waals surface area contributed by atoms with E-state index in [2.05, 4.69) is 13.8 Å². The molecule has 0 bridgehead atoms. The second-order valence-electron chi connectivity index (χ2n) is 7.34. The van der Waals surface area contributed by atoms with Crippen LogP contribution >= 0.6 is 0 Å². The highest BCUT2D eigenvalue weighted by Crippen LogP contribution is 2.71. The van der Waals surface area contributed by atoms with E-state index in [9.17, 15) is 15.3 Å². The number of aliphatic hydroxyl groups is 3. The summed E-state index contributed by atoms with van der Waals surface area (Å²) in [5.74, 6) is 2.46. The molecule has 3 fully saturated rings. The lowest BCUT2D eigenvalue weighted by Gasteiger charge is -2.37. The fraction of sp³-hybridized carbons (Fsp3) is 1.00. The van der Waals surface area contributed by atoms with Crippen molar-refractivity contribution in [1.29, 1.82) is 0 Å². The summed E-state index contributed by atoms with van der Waals surface area (Å²) in [5, 5.41) is 30.0. The Morgan fingerprint density at radius 3 is 2.39 bits per heavy atom. The van der Waals surface area contributed by atoms with Crippen LogP contribution in [0.4, 0.5) is 0 Å². The van der Waals surface area contributed by atoms with Gasteiger partial charge in [0.25, 0.3) is 0 Å². The van der Waals surface area contributed by atoms with Crippen LogP contribution in [-0.4, -0.2) is 34.1 Å². The van der Waals surface area contributed by atoms with Crippen molar-refractivity contribution in [2.45, 2.75) is 45.1 Å². The Morgan fingerprint density at radius 2 is 1.78 bits per heavy atom. The van der Waals surface area contributed by atoms with Gasteiger partial charge in [0.05, 0.1) is 12.2 Å². The number of hydrogen-bond donors (Lipinski definition) is 3. The van der Waals surface area contributed by atoms with Crippen LogP contribution in [0.1, 0.15) is 39.5 Å². The van der Waals surface area contributed by atoms with Crippen molar-refractivity contribution < 1.29 is 15.3 Å². The second-order valence-corrected chi connectivity index (χ2v) is 7.34. The molecule has 18 heavy (non-hydrogen) atoms. The first-order valence-corrected chi connectivity index (χ1v) is 7.42. The monoisotopic (exact) mass is 254 g/mol. The van der Waals surface area contributed by atoms with Gasteiger partial charge < -0.3 is 15.3 Å². The molecule has 7 atom stereocenters. The van der Waals surface area contributed by atoms with Crippen molar-refractivity contribution in [3.8, 4) is 0 Å². The first kappa shape index (κ1) is 12.9. The van der Waals surface area contributed by atoms with Crippen LogP contribution in [0.3, 0.4) is 0 Å². The van der Waals surface area contributed by atoms with E-state index in [0.29, 0.717) is 30.1 Å². The molecule has 0 aromatic heterocycles. The van der Waals surface area contributed by atoms with Crippen molar-refractivity contribution in [3.05, 3.63) is 0 Å². The maximum Gasteiger partial charge on any atom is 0.0908 e. The van der Waals surface area contributed by atoms with Crippen LogP contribution in [0.15, 0.2) is 0 Å². The number of hydrogen-bond acceptors (Lipinski definition) is 3. The smallest absolute Gasteiger partial charge is 0.0908 e. The van der Waals surface area contributed by atoms with Gasteiger partial charge in [0.2, 0.25) is 0 Å². The number of aliphatic hydroxyl groups excluding tert-OH is 2. The summed E-state index contributed by atoms with van der Waals surface area (Å²) in [6.07, 6.45) is 3.85. The molecule has 3 saturated carbocycles. The third-order valence-electron chi connectivity index (χ3n) is 6.60. The zero-order valence-corrected chi connectivity index (χ0v) is 11.5. The lowest BCUT2D eigenvalue weighted by Crippen LogP contribution is -2.44. The van der Waals surface area contributed by atoms with Crippen molar-refractivity contribution in [1.82, 2.24) is 0 Å². The molecule has 104 valence electrons. The van der Waals surface area contributed by atoms with Gasteiger partial charge in [-0.25, -0.2) is 0 Å². The van der Waals surface area contributed by atoms with E-state index in [0.717, 1.165) is 19.3 Å². The molecule has 0 radical (unpaired) electrons. The summed E-state index contributed by atoms with van der Waals surface area (Å²) in [4.78, 5) is 0. The van der Waals surface area contributed by atoms with Gasteiger partial charge in [-0.1, -0.05) is 20.3 Å². The maximum atomic E-state index is 10.7. The van der Waals surface area contributed by atoms with Gasteiger partial charge in [-0.05, 0) is 54.3 Å². The molecule has 3 N–H and O–H groups in total. The topological polar surface area (TPSA) is 60.7 Å². The molecule has 3 aliphatic rings. The normalized spacial score (nSPS) is 58.8. The first-order chi connectivity index (χ1) is 8.48. The van der Waals surface area contributed by atoms with E-state index in [1.165, 1.54) is 0 Å². The molecule has 0 aromatic rings. The third kappa shape index (κ3) is 1.47. The summed E-state index contributed by atoms with van der Waals surface area (Å²) in [6.45, 7) is 4.65. The van der Waals surface area contributed by atoms with Crippen LogP contribution in [0.5, 0.6) is 0 Å². The molecule has 0 spiro atoms. The zero-order valence-electron chi connectivity index (χ0n) is 11.5. The Kier molecular flexibility index (Phi) is 2.82. The summed E-state index contributed by atoms with van der Waals surface area (Å²) in [5.41, 5.74) is -0.780. The Bertz CT molecular complexity index is 345. The van der Waals surface area contributed by atoms with Crippen LogP contribution < -0.4 is 0 Å². The van der Waals surface area contributed by atoms with E-state index in [1.807, 2.05) is 0 Å². The van der Waals surface area contributed by atoms with Gasteiger partial charge in [-0.3, -0.25) is 0 Å². The lowest BCUT2D eigenvalue weighted by molar-refractivity contribution is -0.0843. The molecule has 3 rings (SSSR count). The van der Waals surface area contributed by atoms with Crippen molar-refractivity contribution in [2.24, 2.45) is 35.0 Å². The Balaban J connectivity index is 1.93. The minimum Gasteiger partial charge on any atom is -0.396 e. The fourth-order valence-electron chi connectivity index (χ4n) is 5.38. The van der Waals surface area contributed by atoms with E-state index in [4.69, 9.17) is 0 Å². The average Bonchev–Trinajstić information content (AvgIpc) is 2.82. The van der Waals surface area contributed by atoms with Gasteiger partial charge in [-0.15, -0.1) is 0 Å². The molecular weight excluding hydrogens is 228 g/mol. The van der Waals surface area contributed by atoms with Crippen molar-refractivity contribution >= 4 is 0 Å². The minimum absolute atomic E-state index is 0.0816. The molecule has 0 heterocycles. The SMILES string of the molecule is C[C@@H]1CC[C@H]2[C@@H]1[C@H]1[C@@H](CC[C@]2(O)CO)[C@]1(C)CO. The highest BCUT2D eigenvalue weighted by atomic mass is 16.3. The Morgan fingerprint density at radius 1 is 1.06 bits per heavy atom. The Labute approximate surface area is 109 Å². The molecule has 0 aliphatic heterocycles. The predicted octanol–water partition coefficient (Wildman–Crippen LogP) is 1.41. The van der Waals surface area contributed by atoms with Crippen LogP contribution in [0.2, 0.25) is 0 Å². The zero-order chi connectivity index (χ0) is 13.1. The molecule has 0 unspecified atom stereocenters. The molecule has 0 aromatic carbocycles. The average molecular weight is 254 g/mol. The third-order valence-corrected chi connectivity index (χ3v) is 6.60. The summed E-state index contributed by atoms with van der Waals surface area (Å²) < 4.78 is 0. The number of fused-ring (bicyclic) bond motifs is 3. The summed E-state index contributed by atoms with van der Waals surface area (Å²) >= 11 is 0. The van der Waals surface area contributed by atoms with Crippen LogP contribution in [0.25, 0.3) is 0 Å². The first-order valence-electron chi connectivity index (χ1n) is 7.42. The molecule has 3 heteroatoms. The van der Waals surface area contributed by atoms with Gasteiger partial charge in [0.1, 0.15) is 0 Å². The van der Waals surface area contributed by atoms with E-state index >= 15 is 0 Å². The Hall–Kier alpha value is -0.120. The molecule has 0 amide bonds. The highest BCUT2D eigenvalue weighted by molar-refractivity contribution is 5.17. The maximum absolute atomic E-state index is 10.7. The summed E-state index contributed by atoms with van der Waals surface area (Å²) in [6, 6.07) is 0. The predicted molar refractivity (Wildman–Crippen MR) is 68.8 cm³/mol. The van der Waals surface area contributed by atoms with Crippen LogP contribution in [0, 0.1) is 35.0 Å². The van der Waals surface area contributed by atoms with E-state index in [1.54, 1.807) is 0 Å². The van der Waals surface area contributed by atoms with Gasteiger partial charge >= 0.3 is 0 Å². The molecule has 3 nitrogen and oxygen atoms in total. The molecular formula is C15H26O3. The second kappa shape index (κ2) is 3.94. The number of rotatable bonds is 2.